The fourth-order valence-corrected chi connectivity index (χ4v) is 4.11. The number of ether oxygens (including phenoxy) is 1. The number of amides is 2. The molecule has 9 nitrogen and oxygen atoms in total. The molecule has 1 aliphatic rings. The van der Waals surface area contributed by atoms with Crippen LogP contribution in [0, 0.1) is 0 Å². The maximum absolute atomic E-state index is 12.3. The van der Waals surface area contributed by atoms with E-state index >= 15 is 0 Å². The lowest BCUT2D eigenvalue weighted by atomic mass is 10.2. The predicted molar refractivity (Wildman–Crippen MR) is 128 cm³/mol. The largest absolute Gasteiger partial charge is 0.497 e. The maximum atomic E-state index is 12.3. The zero-order chi connectivity index (χ0) is 22.8. The van der Waals surface area contributed by atoms with Crippen LogP contribution in [0.15, 0.2) is 61.2 Å². The first-order chi connectivity index (χ1) is 16.2. The summed E-state index contributed by atoms with van der Waals surface area (Å²) in [6.07, 6.45) is 1.68. The number of nitrogens with one attached hydrogen (secondary N) is 1. The highest BCUT2D eigenvalue weighted by Gasteiger charge is 2.25. The van der Waals surface area contributed by atoms with Crippen molar-refractivity contribution >= 4 is 28.5 Å². The molecular formula is C24H25N7O2. The van der Waals surface area contributed by atoms with Gasteiger partial charge in [0.2, 0.25) is 5.95 Å². The quantitative estimate of drug-likeness (QED) is 0.477. The molecule has 1 aliphatic heterocycles. The van der Waals surface area contributed by atoms with Gasteiger partial charge in [-0.05, 0) is 24.3 Å². The number of rotatable bonds is 5. The van der Waals surface area contributed by atoms with Gasteiger partial charge in [0.1, 0.15) is 5.75 Å². The summed E-state index contributed by atoms with van der Waals surface area (Å²) >= 11 is 0. The van der Waals surface area contributed by atoms with Crippen molar-refractivity contribution in [1.82, 2.24) is 29.8 Å². The number of carbonyl (C=O) groups excluding carboxylic acids is 1. The van der Waals surface area contributed by atoms with Crippen LogP contribution >= 0.6 is 0 Å². The molecule has 0 spiro atoms. The average molecular weight is 444 g/mol. The van der Waals surface area contributed by atoms with E-state index in [4.69, 9.17) is 9.72 Å². The lowest BCUT2D eigenvalue weighted by Gasteiger charge is -2.35. The smallest absolute Gasteiger partial charge is 0.317 e. The van der Waals surface area contributed by atoms with Gasteiger partial charge in [-0.25, -0.2) is 14.2 Å². The van der Waals surface area contributed by atoms with Crippen LogP contribution in [-0.4, -0.2) is 70.3 Å². The van der Waals surface area contributed by atoms with Crippen molar-refractivity contribution in [1.29, 1.82) is 0 Å². The van der Waals surface area contributed by atoms with Crippen molar-refractivity contribution < 1.29 is 9.53 Å². The first-order valence-corrected chi connectivity index (χ1v) is 10.9. The maximum Gasteiger partial charge on any atom is 0.317 e. The predicted octanol–water partition coefficient (Wildman–Crippen LogP) is 2.97. The normalized spacial score (nSPS) is 14.0. The Hall–Kier alpha value is -4.14. The van der Waals surface area contributed by atoms with E-state index < -0.39 is 0 Å². The molecular weight excluding hydrogens is 418 g/mol. The molecule has 0 radical (unpaired) electrons. The minimum absolute atomic E-state index is 0.0764. The zero-order valence-electron chi connectivity index (χ0n) is 18.4. The molecule has 1 fully saturated rings. The van der Waals surface area contributed by atoms with Gasteiger partial charge in [-0.15, -0.1) is 16.8 Å². The van der Waals surface area contributed by atoms with Crippen LogP contribution in [0.2, 0.25) is 0 Å². The molecule has 168 valence electrons. The molecule has 2 amide bonds. The second-order valence-electron chi connectivity index (χ2n) is 7.79. The van der Waals surface area contributed by atoms with E-state index in [1.165, 1.54) is 0 Å². The number of carbonyl (C=O) groups is 1. The molecule has 0 unspecified atom stereocenters. The molecule has 2 aromatic carbocycles. The molecule has 5 rings (SSSR count). The number of piperazine rings is 1. The molecule has 33 heavy (non-hydrogen) atoms. The number of hydrogen-bond donors (Lipinski definition) is 1. The van der Waals surface area contributed by atoms with Gasteiger partial charge in [0, 0.05) is 43.7 Å². The summed E-state index contributed by atoms with van der Waals surface area (Å²) in [5.41, 5.74) is 2.50. The van der Waals surface area contributed by atoms with Gasteiger partial charge in [-0.1, -0.05) is 30.3 Å². The molecule has 0 atom stereocenters. The lowest BCUT2D eigenvalue weighted by molar-refractivity contribution is 0.195. The van der Waals surface area contributed by atoms with E-state index in [1.54, 1.807) is 13.2 Å². The van der Waals surface area contributed by atoms with Crippen LogP contribution in [0.4, 0.5) is 10.7 Å². The second-order valence-corrected chi connectivity index (χ2v) is 7.79. The van der Waals surface area contributed by atoms with Gasteiger partial charge in [-0.2, -0.15) is 0 Å². The van der Waals surface area contributed by atoms with Gasteiger partial charge < -0.3 is 19.9 Å². The first-order valence-electron chi connectivity index (χ1n) is 10.9. The van der Waals surface area contributed by atoms with Gasteiger partial charge in [0.05, 0.1) is 12.6 Å². The highest BCUT2D eigenvalue weighted by atomic mass is 16.5. The topological polar surface area (TPSA) is 87.9 Å². The van der Waals surface area contributed by atoms with E-state index in [-0.39, 0.29) is 6.03 Å². The molecule has 1 saturated heterocycles. The first kappa shape index (κ1) is 20.7. The van der Waals surface area contributed by atoms with Crippen LogP contribution in [0.3, 0.4) is 0 Å². The molecule has 0 saturated carbocycles. The van der Waals surface area contributed by atoms with E-state index in [9.17, 15) is 4.79 Å². The van der Waals surface area contributed by atoms with E-state index in [1.807, 2.05) is 57.8 Å². The number of aromatic nitrogens is 4. The second kappa shape index (κ2) is 8.78. The summed E-state index contributed by atoms with van der Waals surface area (Å²) in [6, 6.07) is 15.6. The summed E-state index contributed by atoms with van der Waals surface area (Å²) in [4.78, 5) is 21.3. The molecule has 4 aromatic rings. The third-order valence-corrected chi connectivity index (χ3v) is 5.80. The van der Waals surface area contributed by atoms with Gasteiger partial charge in [0.25, 0.3) is 0 Å². The number of fused-ring (bicyclic) bond motifs is 3. The standard InChI is InChI=1S/C24H25N7O2/c1-3-11-25-24(32)30-14-12-29(13-15-30)23-26-20-10-5-4-9-19(20)22-28-27-21(31(22)23)17-7-6-8-18(16-17)33-2/h3-10,16H,1,11-15H2,2H3,(H,25,32). The number of nitrogens with zero attached hydrogens (tertiary/aromatic N) is 6. The summed E-state index contributed by atoms with van der Waals surface area (Å²) < 4.78 is 7.42. The van der Waals surface area contributed by atoms with Crippen LogP contribution in [0.25, 0.3) is 27.9 Å². The molecule has 3 heterocycles. The molecule has 0 aliphatic carbocycles. The third-order valence-electron chi connectivity index (χ3n) is 5.80. The van der Waals surface area contributed by atoms with Crippen molar-refractivity contribution in [3.63, 3.8) is 0 Å². The Bertz CT molecular complexity index is 1330. The average Bonchev–Trinajstić information content (AvgIpc) is 3.32. The van der Waals surface area contributed by atoms with Crippen molar-refractivity contribution in [2.24, 2.45) is 0 Å². The number of hydrogen-bond acceptors (Lipinski definition) is 6. The van der Waals surface area contributed by atoms with Crippen molar-refractivity contribution in [3.8, 4) is 17.1 Å². The number of urea groups is 1. The zero-order valence-corrected chi connectivity index (χ0v) is 18.4. The number of para-hydroxylation sites is 1. The lowest BCUT2D eigenvalue weighted by Crippen LogP contribution is -2.52. The minimum Gasteiger partial charge on any atom is -0.497 e. The SMILES string of the molecule is C=CCNC(=O)N1CCN(c2nc3ccccc3c3nnc(-c4cccc(OC)c4)n23)CC1. The number of benzene rings is 2. The minimum atomic E-state index is -0.0764. The van der Waals surface area contributed by atoms with Gasteiger partial charge >= 0.3 is 6.03 Å². The van der Waals surface area contributed by atoms with Crippen molar-refractivity contribution in [2.45, 2.75) is 0 Å². The van der Waals surface area contributed by atoms with Crippen LogP contribution < -0.4 is 15.0 Å². The van der Waals surface area contributed by atoms with Crippen LogP contribution in [0.5, 0.6) is 5.75 Å². The molecule has 9 heteroatoms. The van der Waals surface area contributed by atoms with Crippen molar-refractivity contribution in [2.75, 3.05) is 44.7 Å². The van der Waals surface area contributed by atoms with Crippen LogP contribution in [-0.2, 0) is 0 Å². The molecule has 0 bridgehead atoms. The molecule has 1 N–H and O–H groups in total. The third kappa shape index (κ3) is 3.82. The summed E-state index contributed by atoms with van der Waals surface area (Å²) in [7, 11) is 1.65. The molecule has 2 aromatic heterocycles. The van der Waals surface area contributed by atoms with E-state index in [0.717, 1.165) is 33.8 Å². The van der Waals surface area contributed by atoms with E-state index in [0.29, 0.717) is 38.5 Å². The summed E-state index contributed by atoms with van der Waals surface area (Å²) in [5.74, 6) is 2.21. The fourth-order valence-electron chi connectivity index (χ4n) is 4.11. The number of anilines is 1. The Labute approximate surface area is 191 Å². The number of methoxy groups -OCH3 is 1. The monoisotopic (exact) mass is 443 g/mol. The summed E-state index contributed by atoms with van der Waals surface area (Å²) in [6.45, 7) is 6.59. The Morgan fingerprint density at radius 1 is 1.12 bits per heavy atom. The highest BCUT2D eigenvalue weighted by Crippen LogP contribution is 2.30. The summed E-state index contributed by atoms with van der Waals surface area (Å²) in [5, 5.41) is 12.8. The Morgan fingerprint density at radius 2 is 1.94 bits per heavy atom. The Balaban J connectivity index is 1.57. The highest BCUT2D eigenvalue weighted by molar-refractivity contribution is 5.93. The Morgan fingerprint density at radius 3 is 2.73 bits per heavy atom. The van der Waals surface area contributed by atoms with Gasteiger partial charge in [-0.3, -0.25) is 0 Å². The van der Waals surface area contributed by atoms with E-state index in [2.05, 4.69) is 27.0 Å². The van der Waals surface area contributed by atoms with Crippen LogP contribution in [0.1, 0.15) is 0 Å². The van der Waals surface area contributed by atoms with Gasteiger partial charge in [0.15, 0.2) is 11.5 Å². The Kier molecular flexibility index (Phi) is 5.52. The van der Waals surface area contributed by atoms with Crippen molar-refractivity contribution in [3.05, 3.63) is 61.2 Å². The fraction of sp³-hybridized carbons (Fsp3) is 0.250.